The Morgan fingerprint density at radius 1 is 0.953 bits per heavy atom. The Bertz CT molecular complexity index is 1750. The van der Waals surface area contributed by atoms with Crippen LogP contribution in [0.2, 0.25) is 0 Å². The molecule has 43 heavy (non-hydrogen) atoms. The van der Waals surface area contributed by atoms with Gasteiger partial charge in [-0.05, 0) is 81.5 Å². The van der Waals surface area contributed by atoms with Crippen molar-refractivity contribution in [3.8, 4) is 0 Å². The Balaban J connectivity index is 1.07. The van der Waals surface area contributed by atoms with E-state index in [2.05, 4.69) is 76.0 Å². The van der Waals surface area contributed by atoms with Crippen molar-refractivity contribution in [1.29, 1.82) is 0 Å². The summed E-state index contributed by atoms with van der Waals surface area (Å²) in [5.41, 5.74) is 2.61. The molecule has 0 unspecified atom stereocenters. The average molecular weight is 581 g/mol. The van der Waals surface area contributed by atoms with Crippen molar-refractivity contribution in [2.24, 2.45) is 7.05 Å². The SMILES string of the molecule is Cc1nc2ccccc2n1[C@H]1C[C@H]2CC[C@@H](C1)N2CCC1(c2ccccc2)CCN(C(=O)c2c[nH]c(=O)n(C)c2=O)CC1. The van der Waals surface area contributed by atoms with Gasteiger partial charge in [-0.2, -0.15) is 0 Å². The van der Waals surface area contributed by atoms with Gasteiger partial charge in [-0.1, -0.05) is 42.5 Å². The molecule has 3 atom stereocenters. The predicted octanol–water partition coefficient (Wildman–Crippen LogP) is 4.16. The third-order valence-corrected chi connectivity index (χ3v) is 10.6. The van der Waals surface area contributed by atoms with Crippen LogP contribution >= 0.6 is 0 Å². The van der Waals surface area contributed by atoms with Gasteiger partial charge in [0.2, 0.25) is 0 Å². The molecule has 1 N–H and O–H groups in total. The number of carbonyl (C=O) groups is 1. The van der Waals surface area contributed by atoms with Crippen LogP contribution < -0.4 is 11.2 Å². The maximum absolute atomic E-state index is 13.3. The maximum Gasteiger partial charge on any atom is 0.328 e. The predicted molar refractivity (Wildman–Crippen MR) is 166 cm³/mol. The second-order valence-corrected chi connectivity index (χ2v) is 12.8. The molecule has 2 aromatic carbocycles. The minimum atomic E-state index is -0.550. The largest absolute Gasteiger partial charge is 0.338 e. The van der Waals surface area contributed by atoms with Crippen LogP contribution in [0.1, 0.15) is 72.7 Å². The van der Waals surface area contributed by atoms with E-state index in [-0.39, 0.29) is 16.9 Å². The maximum atomic E-state index is 13.3. The summed E-state index contributed by atoms with van der Waals surface area (Å²) >= 11 is 0. The van der Waals surface area contributed by atoms with Gasteiger partial charge in [-0.3, -0.25) is 19.1 Å². The van der Waals surface area contributed by atoms with E-state index < -0.39 is 11.2 Å². The number of hydrogen-bond acceptors (Lipinski definition) is 5. The van der Waals surface area contributed by atoms with Crippen molar-refractivity contribution in [3.63, 3.8) is 0 Å². The second-order valence-electron chi connectivity index (χ2n) is 12.8. The third-order valence-electron chi connectivity index (χ3n) is 10.6. The number of hydrogen-bond donors (Lipinski definition) is 1. The highest BCUT2D eigenvalue weighted by Gasteiger charge is 2.44. The second kappa shape index (κ2) is 10.9. The van der Waals surface area contributed by atoms with Crippen LogP contribution in [0.15, 0.2) is 70.4 Å². The molecule has 9 nitrogen and oxygen atoms in total. The molecule has 3 aliphatic heterocycles. The van der Waals surface area contributed by atoms with Crippen LogP contribution in [0.3, 0.4) is 0 Å². The van der Waals surface area contributed by atoms with Crippen LogP contribution in [0.25, 0.3) is 11.0 Å². The van der Waals surface area contributed by atoms with E-state index in [9.17, 15) is 14.4 Å². The van der Waals surface area contributed by atoms with E-state index in [0.717, 1.165) is 54.6 Å². The summed E-state index contributed by atoms with van der Waals surface area (Å²) in [5, 5.41) is 0. The number of amides is 1. The highest BCUT2D eigenvalue weighted by atomic mass is 16.2. The highest BCUT2D eigenvalue weighted by Crippen LogP contribution is 2.45. The number of piperidine rings is 2. The normalized spacial score (nSPS) is 23.6. The Kier molecular flexibility index (Phi) is 7.08. The average Bonchev–Trinajstić information content (AvgIpc) is 3.49. The number of H-pyrrole nitrogens is 1. The highest BCUT2D eigenvalue weighted by molar-refractivity contribution is 5.93. The van der Waals surface area contributed by atoms with Crippen LogP contribution in [-0.4, -0.2) is 66.5 Å². The minimum Gasteiger partial charge on any atom is -0.338 e. The molecule has 1 amide bonds. The Morgan fingerprint density at radius 2 is 1.63 bits per heavy atom. The van der Waals surface area contributed by atoms with Crippen molar-refractivity contribution in [3.05, 3.63) is 98.6 Å². The first kappa shape index (κ1) is 27.8. The van der Waals surface area contributed by atoms with Crippen molar-refractivity contribution in [2.45, 2.75) is 75.4 Å². The molecule has 0 spiro atoms. The van der Waals surface area contributed by atoms with Gasteiger partial charge in [0.1, 0.15) is 11.4 Å². The number of rotatable bonds is 6. The fraction of sp³-hybridized carbons (Fsp3) is 0.471. The number of aryl methyl sites for hydroxylation is 1. The fourth-order valence-electron chi connectivity index (χ4n) is 8.29. The molecule has 0 saturated carbocycles. The smallest absolute Gasteiger partial charge is 0.328 e. The standard InChI is InChI=1S/C34H40N6O3/c1-23-36-29-10-6-7-11-30(29)40(23)27-20-25-12-13-26(21-27)39(25)19-16-34(24-8-4-3-5-9-24)14-17-38(18-15-34)32(42)28-22-35-33(43)37(2)31(28)41/h3-11,22,25-27H,12-21H2,1-2H3,(H,35,43)/t25-,26+,27+. The summed E-state index contributed by atoms with van der Waals surface area (Å²) in [6.45, 7) is 4.36. The number of nitrogens with zero attached hydrogens (tertiary/aromatic N) is 5. The molecule has 0 aliphatic carbocycles. The number of likely N-dealkylation sites (tertiary alicyclic amines) is 1. The lowest BCUT2D eigenvalue weighted by Gasteiger charge is -2.45. The van der Waals surface area contributed by atoms with Gasteiger partial charge in [-0.15, -0.1) is 0 Å². The van der Waals surface area contributed by atoms with Crippen LogP contribution in [0.4, 0.5) is 0 Å². The van der Waals surface area contributed by atoms with Gasteiger partial charge in [0, 0.05) is 44.5 Å². The van der Waals surface area contributed by atoms with Crippen molar-refractivity contribution >= 4 is 16.9 Å². The number of fused-ring (bicyclic) bond motifs is 3. The van der Waals surface area contributed by atoms with Gasteiger partial charge in [-0.25, -0.2) is 9.78 Å². The first-order valence-electron chi connectivity index (χ1n) is 15.7. The molecular formula is C34H40N6O3. The molecule has 224 valence electrons. The van der Waals surface area contributed by atoms with Crippen LogP contribution in [0, 0.1) is 6.92 Å². The molecule has 3 saturated heterocycles. The van der Waals surface area contributed by atoms with Crippen molar-refractivity contribution < 1.29 is 4.79 Å². The van der Waals surface area contributed by atoms with Gasteiger partial charge in [0.05, 0.1) is 11.0 Å². The number of aromatic amines is 1. The Labute approximate surface area is 251 Å². The number of carbonyl (C=O) groups excluding carboxylic acids is 1. The van der Waals surface area contributed by atoms with Gasteiger partial charge in [0.15, 0.2) is 0 Å². The molecule has 9 heteroatoms. The lowest BCUT2D eigenvalue weighted by atomic mass is 9.70. The fourth-order valence-corrected chi connectivity index (χ4v) is 8.29. The molecule has 5 heterocycles. The molecule has 2 aromatic heterocycles. The summed E-state index contributed by atoms with van der Waals surface area (Å²) in [5.74, 6) is 0.809. The number of aromatic nitrogens is 4. The van der Waals surface area contributed by atoms with Crippen molar-refractivity contribution in [1.82, 2.24) is 28.9 Å². The summed E-state index contributed by atoms with van der Waals surface area (Å²) in [7, 11) is 1.39. The molecule has 7 rings (SSSR count). The van der Waals surface area contributed by atoms with E-state index in [1.807, 2.05) is 0 Å². The monoisotopic (exact) mass is 580 g/mol. The summed E-state index contributed by atoms with van der Waals surface area (Å²) in [6, 6.07) is 20.9. The Morgan fingerprint density at radius 3 is 2.35 bits per heavy atom. The first-order valence-corrected chi connectivity index (χ1v) is 15.7. The minimum absolute atomic E-state index is 0.0228. The van der Waals surface area contributed by atoms with E-state index in [4.69, 9.17) is 4.98 Å². The van der Waals surface area contributed by atoms with Gasteiger partial charge < -0.3 is 14.5 Å². The molecule has 4 aromatic rings. The summed E-state index contributed by atoms with van der Waals surface area (Å²) in [6.07, 6.45) is 8.82. The van der Waals surface area contributed by atoms with Crippen LogP contribution in [-0.2, 0) is 12.5 Å². The molecule has 3 fully saturated rings. The molecular weight excluding hydrogens is 540 g/mol. The molecule has 3 aliphatic rings. The first-order chi connectivity index (χ1) is 20.8. The lowest BCUT2D eigenvalue weighted by Crippen LogP contribution is -2.50. The van der Waals surface area contributed by atoms with E-state index in [1.54, 1.807) is 4.90 Å². The van der Waals surface area contributed by atoms with E-state index >= 15 is 0 Å². The molecule has 2 bridgehead atoms. The zero-order valence-corrected chi connectivity index (χ0v) is 25.0. The quantitative estimate of drug-likeness (QED) is 0.370. The summed E-state index contributed by atoms with van der Waals surface area (Å²) < 4.78 is 3.45. The van der Waals surface area contributed by atoms with E-state index in [1.165, 1.54) is 37.2 Å². The van der Waals surface area contributed by atoms with Crippen molar-refractivity contribution in [2.75, 3.05) is 19.6 Å². The summed E-state index contributed by atoms with van der Waals surface area (Å²) in [4.78, 5) is 49.7. The van der Waals surface area contributed by atoms with E-state index in [0.29, 0.717) is 31.2 Å². The zero-order chi connectivity index (χ0) is 29.7. The number of para-hydroxylation sites is 2. The van der Waals surface area contributed by atoms with Crippen LogP contribution in [0.5, 0.6) is 0 Å². The molecule has 0 radical (unpaired) electrons. The third kappa shape index (κ3) is 4.83. The van der Waals surface area contributed by atoms with Gasteiger partial charge >= 0.3 is 5.69 Å². The zero-order valence-electron chi connectivity index (χ0n) is 25.0. The van der Waals surface area contributed by atoms with Gasteiger partial charge in [0.25, 0.3) is 11.5 Å². The Hall–Kier alpha value is -3.98. The number of imidazole rings is 1. The topological polar surface area (TPSA) is 96.2 Å². The lowest BCUT2D eigenvalue weighted by molar-refractivity contribution is 0.0604. The number of nitrogens with one attached hydrogen (secondary N) is 1. The number of benzene rings is 2.